The molecule has 0 fully saturated rings. The van der Waals surface area contributed by atoms with E-state index in [0.717, 1.165) is 15.2 Å². The Balaban J connectivity index is 1.99. The Hall–Kier alpha value is -3.07. The summed E-state index contributed by atoms with van der Waals surface area (Å²) in [5, 5.41) is 16.2. The summed E-state index contributed by atoms with van der Waals surface area (Å²) in [5.41, 5.74) is -0.430. The minimum Gasteiger partial charge on any atom is -0.505 e. The molecule has 0 aliphatic heterocycles. The van der Waals surface area contributed by atoms with E-state index in [2.05, 4.69) is 36.3 Å². The molecular formula is C15H10BrN5O3. The van der Waals surface area contributed by atoms with Gasteiger partial charge in [-0.25, -0.2) is 9.97 Å². The van der Waals surface area contributed by atoms with Crippen LogP contribution in [0.15, 0.2) is 58.1 Å². The molecule has 0 spiro atoms. The Morgan fingerprint density at radius 3 is 2.50 bits per heavy atom. The third-order valence-electron chi connectivity index (χ3n) is 2.99. The van der Waals surface area contributed by atoms with Crippen LogP contribution in [0.3, 0.4) is 0 Å². The van der Waals surface area contributed by atoms with Crippen LogP contribution in [0.5, 0.6) is 5.75 Å². The quantitative estimate of drug-likeness (QED) is 0.708. The molecule has 2 N–H and O–H groups in total. The Labute approximate surface area is 144 Å². The van der Waals surface area contributed by atoms with Gasteiger partial charge in [0.2, 0.25) is 5.95 Å². The van der Waals surface area contributed by atoms with Crippen molar-refractivity contribution in [3.63, 3.8) is 0 Å². The van der Waals surface area contributed by atoms with Gasteiger partial charge in [0.1, 0.15) is 0 Å². The molecule has 0 bridgehead atoms. The summed E-state index contributed by atoms with van der Waals surface area (Å²) in [6, 6.07) is 9.28. The summed E-state index contributed by atoms with van der Waals surface area (Å²) < 4.78 is 1.85. The van der Waals surface area contributed by atoms with E-state index in [4.69, 9.17) is 0 Å². The normalized spacial score (nSPS) is 10.4. The van der Waals surface area contributed by atoms with E-state index in [1.54, 1.807) is 30.3 Å². The molecule has 0 aliphatic carbocycles. The number of halogens is 1. The van der Waals surface area contributed by atoms with Crippen LogP contribution in [0, 0.1) is 0 Å². The second-order valence-electron chi connectivity index (χ2n) is 4.63. The van der Waals surface area contributed by atoms with Gasteiger partial charge in [-0.2, -0.15) is 9.78 Å². The maximum Gasteiger partial charge on any atom is 0.282 e. The molecule has 24 heavy (non-hydrogen) atoms. The molecule has 0 saturated heterocycles. The summed E-state index contributed by atoms with van der Waals surface area (Å²) >= 11 is 3.30. The van der Waals surface area contributed by atoms with Gasteiger partial charge in [-0.05, 0) is 30.3 Å². The highest BCUT2D eigenvalue weighted by Gasteiger charge is 2.17. The van der Waals surface area contributed by atoms with Crippen LogP contribution in [0.25, 0.3) is 5.69 Å². The fraction of sp³-hybridized carbons (Fsp3) is 0. The van der Waals surface area contributed by atoms with E-state index in [-0.39, 0.29) is 11.6 Å². The lowest BCUT2D eigenvalue weighted by Gasteiger charge is -2.09. The summed E-state index contributed by atoms with van der Waals surface area (Å²) in [5.74, 6) is -1.20. The first-order chi connectivity index (χ1) is 11.5. The molecule has 0 atom stereocenters. The standard InChI is InChI=1S/C15H10BrN5O3/c16-9-2-4-10(5-3-9)21-12(23)8-11(22)13(20-21)14(24)19-15-17-6-1-7-18-15/h1-8,22H,(H,17,18,19,24). The van der Waals surface area contributed by atoms with Gasteiger partial charge in [0.05, 0.1) is 5.69 Å². The van der Waals surface area contributed by atoms with Gasteiger partial charge >= 0.3 is 0 Å². The molecule has 2 aromatic heterocycles. The van der Waals surface area contributed by atoms with Gasteiger partial charge in [0, 0.05) is 22.9 Å². The Morgan fingerprint density at radius 1 is 1.17 bits per heavy atom. The van der Waals surface area contributed by atoms with Gasteiger partial charge in [0.15, 0.2) is 11.4 Å². The van der Waals surface area contributed by atoms with Crippen molar-refractivity contribution < 1.29 is 9.90 Å². The molecule has 0 saturated carbocycles. The number of amides is 1. The minimum absolute atomic E-state index is 0.0603. The van der Waals surface area contributed by atoms with E-state index in [1.165, 1.54) is 12.4 Å². The van der Waals surface area contributed by atoms with Crippen molar-refractivity contribution in [1.29, 1.82) is 0 Å². The van der Waals surface area contributed by atoms with Crippen LogP contribution >= 0.6 is 15.9 Å². The molecule has 2 heterocycles. The van der Waals surface area contributed by atoms with Crippen molar-refractivity contribution in [2.45, 2.75) is 0 Å². The molecule has 0 unspecified atom stereocenters. The zero-order valence-electron chi connectivity index (χ0n) is 12.0. The fourth-order valence-corrected chi connectivity index (χ4v) is 2.16. The van der Waals surface area contributed by atoms with E-state index in [0.29, 0.717) is 5.69 Å². The van der Waals surface area contributed by atoms with Gasteiger partial charge in [0.25, 0.3) is 11.5 Å². The summed E-state index contributed by atoms with van der Waals surface area (Å²) in [7, 11) is 0. The first-order valence-electron chi connectivity index (χ1n) is 6.72. The van der Waals surface area contributed by atoms with Crippen molar-refractivity contribution in [2.75, 3.05) is 5.32 Å². The van der Waals surface area contributed by atoms with Gasteiger partial charge in [-0.3, -0.25) is 14.9 Å². The fourth-order valence-electron chi connectivity index (χ4n) is 1.90. The Morgan fingerprint density at radius 2 is 1.83 bits per heavy atom. The molecule has 0 aliphatic rings. The maximum atomic E-state index is 12.2. The lowest BCUT2D eigenvalue weighted by molar-refractivity contribution is 0.101. The topological polar surface area (TPSA) is 110 Å². The number of nitrogens with one attached hydrogen (secondary N) is 1. The van der Waals surface area contributed by atoms with E-state index < -0.39 is 17.2 Å². The monoisotopic (exact) mass is 387 g/mol. The number of benzene rings is 1. The van der Waals surface area contributed by atoms with Crippen molar-refractivity contribution in [1.82, 2.24) is 19.7 Å². The maximum absolute atomic E-state index is 12.2. The number of aromatic hydroxyl groups is 1. The van der Waals surface area contributed by atoms with E-state index in [9.17, 15) is 14.7 Å². The molecule has 0 radical (unpaired) electrons. The molecule has 1 aromatic carbocycles. The predicted molar refractivity (Wildman–Crippen MR) is 89.2 cm³/mol. The molecular weight excluding hydrogens is 378 g/mol. The van der Waals surface area contributed by atoms with Crippen LogP contribution in [0.2, 0.25) is 0 Å². The molecule has 3 aromatic rings. The van der Waals surface area contributed by atoms with Crippen molar-refractivity contribution in [3.05, 3.63) is 69.3 Å². The zero-order valence-corrected chi connectivity index (χ0v) is 13.6. The highest BCUT2D eigenvalue weighted by molar-refractivity contribution is 9.10. The minimum atomic E-state index is -0.732. The second-order valence-corrected chi connectivity index (χ2v) is 5.55. The lowest BCUT2D eigenvalue weighted by atomic mass is 10.3. The Kier molecular flexibility index (Phi) is 4.34. The van der Waals surface area contributed by atoms with Gasteiger partial charge in [-0.15, -0.1) is 0 Å². The number of carbonyl (C=O) groups is 1. The van der Waals surface area contributed by atoms with Gasteiger partial charge < -0.3 is 5.11 Å². The molecule has 1 amide bonds. The van der Waals surface area contributed by atoms with Crippen LogP contribution in [0.4, 0.5) is 5.95 Å². The van der Waals surface area contributed by atoms with Crippen LogP contribution in [-0.2, 0) is 0 Å². The third-order valence-corrected chi connectivity index (χ3v) is 3.52. The van der Waals surface area contributed by atoms with Crippen molar-refractivity contribution >= 4 is 27.8 Å². The average Bonchev–Trinajstić information content (AvgIpc) is 2.57. The number of rotatable bonds is 3. The van der Waals surface area contributed by atoms with Crippen LogP contribution in [-0.4, -0.2) is 30.8 Å². The molecule has 9 heteroatoms. The summed E-state index contributed by atoms with van der Waals surface area (Å²) in [6.45, 7) is 0. The summed E-state index contributed by atoms with van der Waals surface area (Å²) in [6.07, 6.45) is 2.91. The van der Waals surface area contributed by atoms with Gasteiger partial charge in [-0.1, -0.05) is 15.9 Å². The second kappa shape index (κ2) is 6.59. The number of aromatic nitrogens is 4. The highest BCUT2D eigenvalue weighted by Crippen LogP contribution is 2.16. The smallest absolute Gasteiger partial charge is 0.282 e. The third kappa shape index (κ3) is 3.30. The summed E-state index contributed by atoms with van der Waals surface area (Å²) in [4.78, 5) is 32.0. The molecule has 8 nitrogen and oxygen atoms in total. The first kappa shape index (κ1) is 15.8. The van der Waals surface area contributed by atoms with Crippen molar-refractivity contribution in [2.24, 2.45) is 0 Å². The number of nitrogens with zero attached hydrogens (tertiary/aromatic N) is 4. The SMILES string of the molecule is O=C(Nc1ncccn1)c1nn(-c2ccc(Br)cc2)c(=O)cc1O. The Bertz CT molecular complexity index is 942. The predicted octanol–water partition coefficient (Wildman–Crippen LogP) is 1.74. The van der Waals surface area contributed by atoms with E-state index in [1.807, 2.05) is 0 Å². The average molecular weight is 388 g/mol. The lowest BCUT2D eigenvalue weighted by Crippen LogP contribution is -2.25. The molecule has 120 valence electrons. The number of hydrogen-bond donors (Lipinski definition) is 2. The van der Waals surface area contributed by atoms with E-state index >= 15 is 0 Å². The van der Waals surface area contributed by atoms with Crippen LogP contribution < -0.4 is 10.9 Å². The molecule has 3 rings (SSSR count). The largest absolute Gasteiger partial charge is 0.505 e. The number of carbonyl (C=O) groups excluding carboxylic acids is 1. The zero-order chi connectivity index (χ0) is 17.1. The number of anilines is 1. The van der Waals surface area contributed by atoms with Crippen molar-refractivity contribution in [3.8, 4) is 11.4 Å². The van der Waals surface area contributed by atoms with Crippen LogP contribution in [0.1, 0.15) is 10.5 Å². The number of hydrogen-bond acceptors (Lipinski definition) is 6. The first-order valence-corrected chi connectivity index (χ1v) is 7.51. The highest BCUT2D eigenvalue weighted by atomic mass is 79.9.